The smallest absolute Gasteiger partial charge is 0.269 e. The first kappa shape index (κ1) is 15.3. The third kappa shape index (κ3) is 5.27. The summed E-state index contributed by atoms with van der Waals surface area (Å²) in [6.07, 6.45) is 2.71. The second kappa shape index (κ2) is 7.64. The zero-order chi connectivity index (χ0) is 15.0. The third-order valence-electron chi connectivity index (χ3n) is 2.31. The van der Waals surface area contributed by atoms with Crippen LogP contribution in [0.2, 0.25) is 0 Å². The van der Waals surface area contributed by atoms with Gasteiger partial charge in [-0.05, 0) is 23.8 Å². The van der Waals surface area contributed by atoms with Gasteiger partial charge in [-0.3, -0.25) is 24.9 Å². The van der Waals surface area contributed by atoms with E-state index in [0.29, 0.717) is 5.56 Å². The van der Waals surface area contributed by atoms with Gasteiger partial charge in [0.15, 0.2) is 0 Å². The van der Waals surface area contributed by atoms with Gasteiger partial charge in [-0.25, -0.2) is 5.48 Å². The van der Waals surface area contributed by atoms with Crippen molar-refractivity contribution in [3.63, 3.8) is 0 Å². The van der Waals surface area contributed by atoms with Gasteiger partial charge in [-0.2, -0.15) is 0 Å². The molecule has 1 aromatic carbocycles. The predicted octanol–water partition coefficient (Wildman–Crippen LogP) is 0.620. The Balaban J connectivity index is 2.44. The van der Waals surface area contributed by atoms with Crippen LogP contribution in [0.4, 0.5) is 5.69 Å². The Bertz CT molecular complexity index is 524. The quantitative estimate of drug-likeness (QED) is 0.305. The van der Waals surface area contributed by atoms with Crippen molar-refractivity contribution in [2.75, 3.05) is 6.54 Å². The van der Waals surface area contributed by atoms with Crippen molar-refractivity contribution < 1.29 is 19.7 Å². The number of hydrogen-bond donors (Lipinski definition) is 3. The highest BCUT2D eigenvalue weighted by molar-refractivity contribution is 5.92. The highest BCUT2D eigenvalue weighted by Crippen LogP contribution is 2.12. The lowest BCUT2D eigenvalue weighted by Crippen LogP contribution is -2.28. The molecule has 8 heteroatoms. The maximum Gasteiger partial charge on any atom is 0.269 e. The van der Waals surface area contributed by atoms with Gasteiger partial charge in [0.05, 0.1) is 4.92 Å². The minimum atomic E-state index is -0.593. The molecular weight excluding hydrogens is 266 g/mol. The van der Waals surface area contributed by atoms with Crippen molar-refractivity contribution in [1.82, 2.24) is 10.8 Å². The van der Waals surface area contributed by atoms with Gasteiger partial charge in [0, 0.05) is 31.2 Å². The van der Waals surface area contributed by atoms with E-state index in [0.717, 1.165) is 0 Å². The van der Waals surface area contributed by atoms with Gasteiger partial charge >= 0.3 is 0 Å². The minimum absolute atomic E-state index is 0.0263. The SMILES string of the molecule is O=C(/C=C\c1ccc([N+](=O)[O-])cc1)NCCC(=O)NO. The van der Waals surface area contributed by atoms with E-state index in [-0.39, 0.29) is 18.7 Å². The molecule has 0 bridgehead atoms. The van der Waals surface area contributed by atoms with Gasteiger partial charge in [-0.15, -0.1) is 0 Å². The molecule has 3 N–H and O–H groups in total. The molecule has 106 valence electrons. The first-order valence-electron chi connectivity index (χ1n) is 5.66. The number of nitro groups is 1. The summed E-state index contributed by atoms with van der Waals surface area (Å²) in [7, 11) is 0. The van der Waals surface area contributed by atoms with Crippen molar-refractivity contribution >= 4 is 23.6 Å². The normalized spacial score (nSPS) is 10.2. The van der Waals surface area contributed by atoms with E-state index in [1.807, 2.05) is 0 Å². The van der Waals surface area contributed by atoms with Gasteiger partial charge in [0.2, 0.25) is 11.8 Å². The molecule has 0 spiro atoms. The van der Waals surface area contributed by atoms with Crippen LogP contribution in [0, 0.1) is 10.1 Å². The molecule has 0 heterocycles. The Morgan fingerprint density at radius 2 is 1.95 bits per heavy atom. The lowest BCUT2D eigenvalue weighted by molar-refractivity contribution is -0.384. The summed E-state index contributed by atoms with van der Waals surface area (Å²) >= 11 is 0. The summed E-state index contributed by atoms with van der Waals surface area (Å²) in [5, 5.41) is 21.1. The average Bonchev–Trinajstić information content (AvgIpc) is 2.45. The van der Waals surface area contributed by atoms with E-state index < -0.39 is 16.7 Å². The molecule has 0 aliphatic heterocycles. The van der Waals surface area contributed by atoms with Crippen molar-refractivity contribution in [2.45, 2.75) is 6.42 Å². The first-order chi connectivity index (χ1) is 9.52. The molecule has 0 saturated heterocycles. The van der Waals surface area contributed by atoms with Crippen LogP contribution in [0.15, 0.2) is 30.3 Å². The van der Waals surface area contributed by atoms with Crippen LogP contribution < -0.4 is 10.8 Å². The molecule has 8 nitrogen and oxygen atoms in total. The number of carbonyl (C=O) groups excluding carboxylic acids is 2. The molecule has 0 aliphatic carbocycles. The van der Waals surface area contributed by atoms with Crippen LogP contribution in [0.3, 0.4) is 0 Å². The summed E-state index contributed by atoms with van der Waals surface area (Å²) in [5.74, 6) is -1.00. The number of nitrogens with zero attached hydrogens (tertiary/aromatic N) is 1. The molecule has 1 rings (SSSR count). The minimum Gasteiger partial charge on any atom is -0.352 e. The van der Waals surface area contributed by atoms with Gasteiger partial charge in [-0.1, -0.05) is 0 Å². The highest BCUT2D eigenvalue weighted by Gasteiger charge is 2.03. The third-order valence-corrected chi connectivity index (χ3v) is 2.31. The van der Waals surface area contributed by atoms with E-state index in [1.54, 1.807) is 0 Å². The molecule has 0 aliphatic rings. The van der Waals surface area contributed by atoms with Crippen LogP contribution in [0.1, 0.15) is 12.0 Å². The Morgan fingerprint density at radius 1 is 1.30 bits per heavy atom. The molecule has 0 atom stereocenters. The Hall–Kier alpha value is -2.74. The molecule has 0 saturated carbocycles. The molecule has 0 fully saturated rings. The van der Waals surface area contributed by atoms with Crippen LogP contribution >= 0.6 is 0 Å². The summed E-state index contributed by atoms with van der Waals surface area (Å²) < 4.78 is 0. The topological polar surface area (TPSA) is 122 Å². The fraction of sp³-hybridized carbons (Fsp3) is 0.167. The van der Waals surface area contributed by atoms with Crippen molar-refractivity contribution in [1.29, 1.82) is 0 Å². The Labute approximate surface area is 114 Å². The lowest BCUT2D eigenvalue weighted by atomic mass is 10.2. The van der Waals surface area contributed by atoms with Crippen molar-refractivity contribution in [3.05, 3.63) is 46.0 Å². The standard InChI is InChI=1S/C12H13N3O5/c16-11(13-8-7-12(17)14-18)6-3-9-1-4-10(5-2-9)15(19)20/h1-6,18H,7-8H2,(H,13,16)(H,14,17)/b6-3-. The maximum absolute atomic E-state index is 11.4. The van der Waals surface area contributed by atoms with E-state index in [9.17, 15) is 19.7 Å². The van der Waals surface area contributed by atoms with E-state index in [2.05, 4.69) is 5.32 Å². The predicted molar refractivity (Wildman–Crippen MR) is 69.7 cm³/mol. The number of carbonyl (C=O) groups is 2. The number of non-ortho nitro benzene ring substituents is 1. The van der Waals surface area contributed by atoms with Gasteiger partial charge in [0.25, 0.3) is 5.69 Å². The molecule has 1 aromatic rings. The fourth-order valence-electron chi connectivity index (χ4n) is 1.29. The lowest BCUT2D eigenvalue weighted by Gasteiger charge is -2.00. The Kier molecular flexibility index (Phi) is 5.85. The number of nitro benzene ring substituents is 1. The molecule has 20 heavy (non-hydrogen) atoms. The second-order valence-corrected chi connectivity index (χ2v) is 3.76. The number of amides is 2. The van der Waals surface area contributed by atoms with Crippen LogP contribution in [0.25, 0.3) is 6.08 Å². The largest absolute Gasteiger partial charge is 0.352 e. The zero-order valence-electron chi connectivity index (χ0n) is 10.4. The van der Waals surface area contributed by atoms with Gasteiger partial charge < -0.3 is 5.32 Å². The van der Waals surface area contributed by atoms with Gasteiger partial charge in [0.1, 0.15) is 0 Å². The monoisotopic (exact) mass is 279 g/mol. The van der Waals surface area contributed by atoms with Crippen LogP contribution in [0.5, 0.6) is 0 Å². The van der Waals surface area contributed by atoms with Crippen LogP contribution in [-0.4, -0.2) is 28.5 Å². The van der Waals surface area contributed by atoms with Crippen molar-refractivity contribution in [3.8, 4) is 0 Å². The maximum atomic E-state index is 11.4. The molecular formula is C12H13N3O5. The van der Waals surface area contributed by atoms with E-state index >= 15 is 0 Å². The molecule has 0 unspecified atom stereocenters. The number of rotatable bonds is 6. The first-order valence-corrected chi connectivity index (χ1v) is 5.66. The fourth-order valence-corrected chi connectivity index (χ4v) is 1.29. The number of hydrogen-bond acceptors (Lipinski definition) is 5. The molecule has 2 amide bonds. The Morgan fingerprint density at radius 3 is 2.50 bits per heavy atom. The molecule has 0 aromatic heterocycles. The van der Waals surface area contributed by atoms with E-state index in [4.69, 9.17) is 5.21 Å². The second-order valence-electron chi connectivity index (χ2n) is 3.76. The summed E-state index contributed by atoms with van der Waals surface area (Å²) in [6.45, 7) is 0.0931. The molecule has 0 radical (unpaired) electrons. The van der Waals surface area contributed by atoms with E-state index in [1.165, 1.54) is 41.9 Å². The average molecular weight is 279 g/mol. The highest BCUT2D eigenvalue weighted by atomic mass is 16.6. The summed E-state index contributed by atoms with van der Waals surface area (Å²) in [5.41, 5.74) is 2.06. The summed E-state index contributed by atoms with van der Waals surface area (Å²) in [6, 6.07) is 5.70. The van der Waals surface area contributed by atoms with Crippen LogP contribution in [-0.2, 0) is 9.59 Å². The summed E-state index contributed by atoms with van der Waals surface area (Å²) in [4.78, 5) is 32.0. The zero-order valence-corrected chi connectivity index (χ0v) is 10.4. The number of benzene rings is 1. The number of hydroxylamine groups is 1. The van der Waals surface area contributed by atoms with Crippen molar-refractivity contribution in [2.24, 2.45) is 0 Å². The number of nitrogens with one attached hydrogen (secondary N) is 2.